The van der Waals surface area contributed by atoms with Gasteiger partial charge in [-0.05, 0) is 25.5 Å². The fraction of sp³-hybridized carbons (Fsp3) is 0.333. The Balaban J connectivity index is 2.42. The van der Waals surface area contributed by atoms with Crippen molar-refractivity contribution in [1.82, 2.24) is 4.98 Å². The van der Waals surface area contributed by atoms with Crippen LogP contribution in [0.25, 0.3) is 0 Å². The van der Waals surface area contributed by atoms with E-state index < -0.39 is 6.10 Å². The number of pyridine rings is 1. The highest BCUT2D eigenvalue weighted by molar-refractivity contribution is 5.93. The number of aromatic nitrogens is 1. The summed E-state index contributed by atoms with van der Waals surface area (Å²) in [7, 11) is 0. The first kappa shape index (κ1) is 13.2. The summed E-state index contributed by atoms with van der Waals surface area (Å²) < 4.78 is 5.31. The van der Waals surface area contributed by atoms with Crippen LogP contribution in [0.5, 0.6) is 0 Å². The molecule has 0 aliphatic carbocycles. The predicted octanol–water partition coefficient (Wildman–Crippen LogP) is 1.58. The minimum atomic E-state index is -0.507. The number of hydrogen-bond acceptors (Lipinski definition) is 4. The van der Waals surface area contributed by atoms with Gasteiger partial charge in [-0.1, -0.05) is 6.08 Å². The van der Waals surface area contributed by atoms with Gasteiger partial charge in [0.2, 0.25) is 0 Å². The molecule has 1 unspecified atom stereocenters. The molecular formula is C12H17N3O2. The second-order valence-electron chi connectivity index (χ2n) is 3.55. The van der Waals surface area contributed by atoms with Crippen molar-refractivity contribution >= 4 is 17.4 Å². The lowest BCUT2D eigenvalue weighted by molar-refractivity contribution is -0.126. The van der Waals surface area contributed by atoms with E-state index in [9.17, 15) is 4.79 Å². The average Bonchev–Trinajstić information content (AvgIpc) is 2.32. The Kier molecular flexibility index (Phi) is 5.16. The average molecular weight is 235 g/mol. The highest BCUT2D eigenvalue weighted by atomic mass is 16.5. The van der Waals surface area contributed by atoms with Gasteiger partial charge in [-0.3, -0.25) is 4.79 Å². The zero-order valence-corrected chi connectivity index (χ0v) is 9.85. The summed E-state index contributed by atoms with van der Waals surface area (Å²) in [5.74, 6) is 0.207. The minimum absolute atomic E-state index is 0.208. The number of nitrogen functional groups attached to an aromatic ring is 1. The molecule has 92 valence electrons. The number of rotatable bonds is 6. The van der Waals surface area contributed by atoms with Gasteiger partial charge in [0.25, 0.3) is 5.91 Å². The molecule has 1 heterocycles. The zero-order valence-electron chi connectivity index (χ0n) is 9.85. The molecule has 0 aliphatic rings. The number of amides is 1. The molecule has 17 heavy (non-hydrogen) atoms. The molecule has 0 spiro atoms. The van der Waals surface area contributed by atoms with Gasteiger partial charge < -0.3 is 15.8 Å². The third-order valence-corrected chi connectivity index (χ3v) is 2.11. The molecule has 1 aromatic heterocycles. The van der Waals surface area contributed by atoms with Crippen molar-refractivity contribution in [3.63, 3.8) is 0 Å². The lowest BCUT2D eigenvalue weighted by atomic mass is 10.3. The van der Waals surface area contributed by atoms with Crippen molar-refractivity contribution in [3.05, 3.63) is 31.0 Å². The number of ether oxygens (including phenoxy) is 1. The smallest absolute Gasteiger partial charge is 0.253 e. The van der Waals surface area contributed by atoms with Crippen LogP contribution in [-0.4, -0.2) is 23.6 Å². The van der Waals surface area contributed by atoms with Crippen LogP contribution in [0.4, 0.5) is 11.5 Å². The number of carbonyl (C=O) groups excluding carboxylic acids is 1. The Hall–Kier alpha value is -1.88. The van der Waals surface area contributed by atoms with Crippen molar-refractivity contribution in [2.75, 3.05) is 17.7 Å². The second kappa shape index (κ2) is 6.65. The van der Waals surface area contributed by atoms with Gasteiger partial charge in [0.05, 0.1) is 18.5 Å². The maximum absolute atomic E-state index is 11.7. The minimum Gasteiger partial charge on any atom is -0.384 e. The summed E-state index contributed by atoms with van der Waals surface area (Å²) in [6.07, 6.45) is 3.46. The third kappa shape index (κ3) is 4.65. The summed E-state index contributed by atoms with van der Waals surface area (Å²) in [5.41, 5.74) is 6.04. The molecule has 0 radical (unpaired) electrons. The van der Waals surface area contributed by atoms with Crippen molar-refractivity contribution in [3.8, 4) is 0 Å². The Morgan fingerprint density at radius 2 is 2.47 bits per heavy atom. The summed E-state index contributed by atoms with van der Waals surface area (Å²) >= 11 is 0. The first-order chi connectivity index (χ1) is 8.13. The SMILES string of the molecule is C=CCCOC(C)C(=O)Nc1ccc(N)nc1. The summed E-state index contributed by atoms with van der Waals surface area (Å²) in [4.78, 5) is 15.5. The molecule has 0 aromatic carbocycles. The van der Waals surface area contributed by atoms with Gasteiger partial charge in [0.1, 0.15) is 11.9 Å². The number of hydrogen-bond donors (Lipinski definition) is 2. The van der Waals surface area contributed by atoms with Crippen LogP contribution in [0.2, 0.25) is 0 Å². The topological polar surface area (TPSA) is 77.2 Å². The largest absolute Gasteiger partial charge is 0.384 e. The molecule has 0 fully saturated rings. The lowest BCUT2D eigenvalue weighted by Gasteiger charge is -2.12. The van der Waals surface area contributed by atoms with E-state index in [0.29, 0.717) is 18.1 Å². The first-order valence-electron chi connectivity index (χ1n) is 5.38. The van der Waals surface area contributed by atoms with Gasteiger partial charge in [0.15, 0.2) is 0 Å². The fourth-order valence-corrected chi connectivity index (χ4v) is 1.13. The van der Waals surface area contributed by atoms with Crippen molar-refractivity contribution < 1.29 is 9.53 Å². The molecule has 5 nitrogen and oxygen atoms in total. The van der Waals surface area contributed by atoms with Crippen LogP contribution in [0.1, 0.15) is 13.3 Å². The quantitative estimate of drug-likeness (QED) is 0.579. The van der Waals surface area contributed by atoms with Crippen LogP contribution in [0.3, 0.4) is 0 Å². The van der Waals surface area contributed by atoms with Crippen LogP contribution in [0, 0.1) is 0 Å². The Morgan fingerprint density at radius 1 is 1.71 bits per heavy atom. The van der Waals surface area contributed by atoms with E-state index in [4.69, 9.17) is 10.5 Å². The number of anilines is 2. The molecule has 1 amide bonds. The zero-order chi connectivity index (χ0) is 12.7. The second-order valence-corrected chi connectivity index (χ2v) is 3.55. The fourth-order valence-electron chi connectivity index (χ4n) is 1.13. The van der Waals surface area contributed by atoms with Gasteiger partial charge in [-0.25, -0.2) is 4.98 Å². The summed E-state index contributed by atoms with van der Waals surface area (Å²) in [5, 5.41) is 2.69. The van der Waals surface area contributed by atoms with Crippen molar-refractivity contribution in [2.45, 2.75) is 19.4 Å². The van der Waals surface area contributed by atoms with E-state index >= 15 is 0 Å². The molecule has 0 aliphatic heterocycles. The number of nitrogens with two attached hydrogens (primary N) is 1. The Morgan fingerprint density at radius 3 is 3.06 bits per heavy atom. The normalized spacial score (nSPS) is 11.8. The van der Waals surface area contributed by atoms with E-state index in [0.717, 1.165) is 6.42 Å². The Labute approximate surface area is 101 Å². The first-order valence-corrected chi connectivity index (χ1v) is 5.38. The molecule has 1 atom stereocenters. The van der Waals surface area contributed by atoms with Gasteiger partial charge in [-0.2, -0.15) is 0 Å². The van der Waals surface area contributed by atoms with Gasteiger partial charge in [0, 0.05) is 0 Å². The van der Waals surface area contributed by atoms with E-state index in [2.05, 4.69) is 16.9 Å². The molecule has 0 bridgehead atoms. The predicted molar refractivity (Wildman–Crippen MR) is 67.5 cm³/mol. The van der Waals surface area contributed by atoms with Gasteiger partial charge >= 0.3 is 0 Å². The molecule has 0 saturated heterocycles. The van der Waals surface area contributed by atoms with Gasteiger partial charge in [-0.15, -0.1) is 6.58 Å². The van der Waals surface area contributed by atoms with Crippen molar-refractivity contribution in [2.24, 2.45) is 0 Å². The number of nitrogens with zero attached hydrogens (tertiary/aromatic N) is 1. The summed E-state index contributed by atoms with van der Waals surface area (Å²) in [6, 6.07) is 3.32. The maximum atomic E-state index is 11.7. The lowest BCUT2D eigenvalue weighted by Crippen LogP contribution is -2.28. The monoisotopic (exact) mass is 235 g/mol. The van der Waals surface area contributed by atoms with Crippen LogP contribution in [0.15, 0.2) is 31.0 Å². The molecule has 1 aromatic rings. The Bertz CT molecular complexity index is 376. The maximum Gasteiger partial charge on any atom is 0.253 e. The van der Waals surface area contributed by atoms with Crippen molar-refractivity contribution in [1.29, 1.82) is 0 Å². The van der Waals surface area contributed by atoms with Crippen LogP contribution in [-0.2, 0) is 9.53 Å². The number of carbonyl (C=O) groups is 1. The highest BCUT2D eigenvalue weighted by Gasteiger charge is 2.12. The van der Waals surface area contributed by atoms with E-state index in [1.807, 2.05) is 0 Å². The van der Waals surface area contributed by atoms with E-state index in [1.165, 1.54) is 6.20 Å². The standard InChI is InChI=1S/C12H17N3O2/c1-3-4-7-17-9(2)12(16)15-10-5-6-11(13)14-8-10/h3,5-6,8-9H,1,4,7H2,2H3,(H2,13,14)(H,15,16). The van der Waals surface area contributed by atoms with E-state index in [-0.39, 0.29) is 5.91 Å². The molecule has 1 rings (SSSR count). The number of nitrogens with one attached hydrogen (secondary N) is 1. The summed E-state index contributed by atoms with van der Waals surface area (Å²) in [6.45, 7) is 5.76. The third-order valence-electron chi connectivity index (χ3n) is 2.11. The molecular weight excluding hydrogens is 218 g/mol. The highest BCUT2D eigenvalue weighted by Crippen LogP contribution is 2.08. The molecule has 3 N–H and O–H groups in total. The van der Waals surface area contributed by atoms with Crippen LogP contribution >= 0.6 is 0 Å². The molecule has 0 saturated carbocycles. The van der Waals surface area contributed by atoms with E-state index in [1.54, 1.807) is 25.1 Å². The molecule has 5 heteroatoms. The van der Waals surface area contributed by atoms with Crippen LogP contribution < -0.4 is 11.1 Å².